The van der Waals surface area contributed by atoms with E-state index >= 15 is 0 Å². The third-order valence-electron chi connectivity index (χ3n) is 3.35. The van der Waals surface area contributed by atoms with Gasteiger partial charge >= 0.3 is 0 Å². The minimum absolute atomic E-state index is 0.425. The van der Waals surface area contributed by atoms with Gasteiger partial charge in [0.15, 0.2) is 0 Å². The van der Waals surface area contributed by atoms with Gasteiger partial charge in [0.25, 0.3) is 0 Å². The number of allylic oxidation sites excluding steroid dienone is 4. The van der Waals surface area contributed by atoms with Gasteiger partial charge in [0, 0.05) is 15.8 Å². The molecule has 0 aromatic rings. The Morgan fingerprint density at radius 1 is 1.35 bits per heavy atom. The number of hydrogen-bond acceptors (Lipinski definition) is 1. The summed E-state index contributed by atoms with van der Waals surface area (Å²) in [5.74, 6) is 0.425. The third-order valence-corrected chi connectivity index (χ3v) is 4.24. The first kappa shape index (κ1) is 14.8. The molecular weight excluding hydrogens is 253 g/mol. The molecular formula is C14H21Cl2N. The molecule has 1 rings (SSSR count). The lowest BCUT2D eigenvalue weighted by atomic mass is 9.90. The van der Waals surface area contributed by atoms with Crippen LogP contribution < -0.4 is 0 Å². The average molecular weight is 274 g/mol. The first-order valence-electron chi connectivity index (χ1n) is 6.37. The summed E-state index contributed by atoms with van der Waals surface area (Å²) in [6, 6.07) is 0. The number of rotatable bonds is 3. The van der Waals surface area contributed by atoms with Crippen molar-refractivity contribution >= 4 is 28.9 Å². The zero-order chi connectivity index (χ0) is 12.8. The van der Waals surface area contributed by atoms with E-state index in [1.54, 1.807) is 0 Å². The van der Waals surface area contributed by atoms with E-state index in [4.69, 9.17) is 28.6 Å². The van der Waals surface area contributed by atoms with Crippen molar-refractivity contribution in [3.05, 3.63) is 21.7 Å². The standard InChI is InChI=1S/C14H21Cl2N/c1-3-12(15)14(13(16)4-2)10-6-5-7-11(17)9-8-10/h3,10,17H,4-9H2,1-2H3/b12-3+,14-13+,17-11?. The molecule has 0 aromatic heterocycles. The molecule has 1 aliphatic carbocycles. The highest BCUT2D eigenvalue weighted by molar-refractivity contribution is 6.35. The molecule has 96 valence electrons. The van der Waals surface area contributed by atoms with E-state index in [0.29, 0.717) is 5.92 Å². The lowest BCUT2D eigenvalue weighted by Gasteiger charge is -2.19. The summed E-state index contributed by atoms with van der Waals surface area (Å²) in [4.78, 5) is 0. The maximum absolute atomic E-state index is 7.77. The molecule has 0 spiro atoms. The van der Waals surface area contributed by atoms with Gasteiger partial charge in [0.1, 0.15) is 0 Å². The summed E-state index contributed by atoms with van der Waals surface area (Å²) < 4.78 is 0. The molecule has 0 radical (unpaired) electrons. The Bertz CT molecular complexity index is 342. The Kier molecular flexibility index (Phi) is 6.29. The SMILES string of the molecule is C/C=C(Cl)\C(=C(\Cl)CC)C1CCCC(=N)CC1. The van der Waals surface area contributed by atoms with Crippen LogP contribution in [-0.4, -0.2) is 5.71 Å². The van der Waals surface area contributed by atoms with Crippen molar-refractivity contribution in [3.63, 3.8) is 0 Å². The van der Waals surface area contributed by atoms with E-state index in [2.05, 4.69) is 6.92 Å². The fourth-order valence-corrected chi connectivity index (χ4v) is 2.93. The quantitative estimate of drug-likeness (QED) is 0.509. The summed E-state index contributed by atoms with van der Waals surface area (Å²) in [7, 11) is 0. The van der Waals surface area contributed by atoms with Crippen LogP contribution in [0, 0.1) is 11.3 Å². The van der Waals surface area contributed by atoms with Gasteiger partial charge < -0.3 is 5.41 Å². The van der Waals surface area contributed by atoms with Crippen molar-refractivity contribution in [1.29, 1.82) is 5.41 Å². The van der Waals surface area contributed by atoms with E-state index in [0.717, 1.165) is 59.9 Å². The van der Waals surface area contributed by atoms with Crippen LogP contribution in [0.3, 0.4) is 0 Å². The monoisotopic (exact) mass is 273 g/mol. The Morgan fingerprint density at radius 2 is 2.06 bits per heavy atom. The van der Waals surface area contributed by atoms with Crippen LogP contribution in [0.1, 0.15) is 52.4 Å². The molecule has 1 aliphatic rings. The molecule has 0 amide bonds. The Hall–Kier alpha value is -0.270. The van der Waals surface area contributed by atoms with Crippen LogP contribution in [0.4, 0.5) is 0 Å². The maximum atomic E-state index is 7.77. The van der Waals surface area contributed by atoms with E-state index in [1.165, 1.54) is 0 Å². The molecule has 0 heterocycles. The summed E-state index contributed by atoms with van der Waals surface area (Å²) in [5.41, 5.74) is 1.99. The highest BCUT2D eigenvalue weighted by Crippen LogP contribution is 2.37. The topological polar surface area (TPSA) is 23.9 Å². The zero-order valence-electron chi connectivity index (χ0n) is 10.7. The summed E-state index contributed by atoms with van der Waals surface area (Å²) >= 11 is 12.6. The van der Waals surface area contributed by atoms with Gasteiger partial charge in [0.2, 0.25) is 0 Å². The first-order valence-corrected chi connectivity index (χ1v) is 7.12. The van der Waals surface area contributed by atoms with Crippen LogP contribution in [0.25, 0.3) is 0 Å². The summed E-state index contributed by atoms with van der Waals surface area (Å²) in [6.45, 7) is 4.00. The van der Waals surface area contributed by atoms with Gasteiger partial charge in [-0.1, -0.05) is 36.2 Å². The van der Waals surface area contributed by atoms with Crippen molar-refractivity contribution in [2.24, 2.45) is 5.92 Å². The molecule has 0 aliphatic heterocycles. The molecule has 1 N–H and O–H groups in total. The normalized spacial score (nSPS) is 24.4. The Morgan fingerprint density at radius 3 is 2.65 bits per heavy atom. The van der Waals surface area contributed by atoms with Crippen LogP contribution in [0.5, 0.6) is 0 Å². The average Bonchev–Trinajstić information content (AvgIpc) is 2.54. The predicted molar refractivity (Wildman–Crippen MR) is 77.1 cm³/mol. The number of nitrogens with one attached hydrogen (secondary N) is 1. The van der Waals surface area contributed by atoms with Crippen molar-refractivity contribution in [2.45, 2.75) is 52.4 Å². The summed E-state index contributed by atoms with van der Waals surface area (Å²) in [6.07, 6.45) is 7.75. The summed E-state index contributed by atoms with van der Waals surface area (Å²) in [5, 5.41) is 9.44. The highest BCUT2D eigenvalue weighted by atomic mass is 35.5. The number of hydrogen-bond donors (Lipinski definition) is 1. The Labute approximate surface area is 114 Å². The molecule has 0 bridgehead atoms. The molecule has 1 atom stereocenters. The van der Waals surface area contributed by atoms with Gasteiger partial charge in [0.05, 0.1) is 0 Å². The van der Waals surface area contributed by atoms with Crippen LogP contribution in [0.2, 0.25) is 0 Å². The lowest BCUT2D eigenvalue weighted by Crippen LogP contribution is -2.06. The van der Waals surface area contributed by atoms with Crippen molar-refractivity contribution in [3.8, 4) is 0 Å². The lowest BCUT2D eigenvalue weighted by molar-refractivity contribution is 0.538. The largest absolute Gasteiger partial charge is 0.310 e. The molecule has 17 heavy (non-hydrogen) atoms. The molecule has 1 unspecified atom stereocenters. The van der Waals surface area contributed by atoms with Gasteiger partial charge in [-0.2, -0.15) is 0 Å². The van der Waals surface area contributed by atoms with Crippen LogP contribution in [-0.2, 0) is 0 Å². The van der Waals surface area contributed by atoms with Crippen LogP contribution in [0.15, 0.2) is 21.7 Å². The fraction of sp³-hybridized carbons (Fsp3) is 0.643. The van der Waals surface area contributed by atoms with Gasteiger partial charge in [-0.15, -0.1) is 0 Å². The molecule has 0 aromatic carbocycles. The second-order valence-corrected chi connectivity index (χ2v) is 5.40. The highest BCUT2D eigenvalue weighted by Gasteiger charge is 2.22. The first-order chi connectivity index (χ1) is 8.10. The smallest absolute Gasteiger partial charge is 0.0409 e. The van der Waals surface area contributed by atoms with Crippen LogP contribution >= 0.6 is 23.2 Å². The fourth-order valence-electron chi connectivity index (χ4n) is 2.36. The maximum Gasteiger partial charge on any atom is 0.0409 e. The van der Waals surface area contributed by atoms with Crippen molar-refractivity contribution < 1.29 is 0 Å². The van der Waals surface area contributed by atoms with Crippen molar-refractivity contribution in [1.82, 2.24) is 0 Å². The molecule has 1 nitrogen and oxygen atoms in total. The minimum atomic E-state index is 0.425. The second kappa shape index (κ2) is 7.23. The molecule has 0 saturated heterocycles. The zero-order valence-corrected chi connectivity index (χ0v) is 12.2. The second-order valence-electron chi connectivity index (χ2n) is 4.54. The third kappa shape index (κ3) is 4.15. The van der Waals surface area contributed by atoms with Gasteiger partial charge in [-0.3, -0.25) is 0 Å². The molecule has 1 fully saturated rings. The van der Waals surface area contributed by atoms with E-state index in [9.17, 15) is 0 Å². The van der Waals surface area contributed by atoms with Crippen molar-refractivity contribution in [2.75, 3.05) is 0 Å². The minimum Gasteiger partial charge on any atom is -0.310 e. The van der Waals surface area contributed by atoms with Gasteiger partial charge in [-0.05, 0) is 56.9 Å². The predicted octanol–water partition coefficient (Wildman–Crippen LogP) is 5.63. The Balaban J connectivity index is 2.95. The van der Waals surface area contributed by atoms with E-state index in [1.807, 2.05) is 13.0 Å². The molecule has 3 heteroatoms. The van der Waals surface area contributed by atoms with E-state index in [-0.39, 0.29) is 0 Å². The number of halogens is 2. The van der Waals surface area contributed by atoms with Gasteiger partial charge in [-0.25, -0.2) is 0 Å². The van der Waals surface area contributed by atoms with E-state index < -0.39 is 0 Å². The molecule has 1 saturated carbocycles.